The Morgan fingerprint density at radius 1 is 1.26 bits per heavy atom. The molecule has 0 aliphatic rings. The van der Waals surface area contributed by atoms with Crippen molar-refractivity contribution in [3.8, 4) is 0 Å². The molecule has 0 spiro atoms. The number of amides is 1. The van der Waals surface area contributed by atoms with Gasteiger partial charge in [-0.25, -0.2) is 0 Å². The van der Waals surface area contributed by atoms with E-state index in [1.807, 2.05) is 37.3 Å². The van der Waals surface area contributed by atoms with Crippen LogP contribution in [0, 0.1) is 0 Å². The SMILES string of the molecule is CCC(CO)(CO)NC(=O)CSCc1ccccc1. The standard InChI is InChI=1S/C14H21NO3S/c1-2-14(10-16,11-17)15-13(18)9-19-8-12-6-4-3-5-7-12/h3-7,16-17H,2,8-11H2,1H3,(H,15,18). The summed E-state index contributed by atoms with van der Waals surface area (Å²) in [5.74, 6) is 0.924. The lowest BCUT2D eigenvalue weighted by molar-refractivity contribution is -0.121. The molecule has 0 aromatic heterocycles. The molecule has 0 radical (unpaired) electrons. The van der Waals surface area contributed by atoms with Gasteiger partial charge in [0.05, 0.1) is 24.5 Å². The first-order valence-corrected chi connectivity index (χ1v) is 7.45. The monoisotopic (exact) mass is 283 g/mol. The predicted molar refractivity (Wildman–Crippen MR) is 77.9 cm³/mol. The fourth-order valence-corrected chi connectivity index (χ4v) is 2.40. The Labute approximate surface area is 118 Å². The molecule has 1 aromatic rings. The molecule has 1 aromatic carbocycles. The molecule has 4 nitrogen and oxygen atoms in total. The molecule has 0 saturated heterocycles. The molecule has 0 unspecified atom stereocenters. The van der Waals surface area contributed by atoms with Gasteiger partial charge >= 0.3 is 0 Å². The molecule has 0 aliphatic heterocycles. The maximum atomic E-state index is 11.8. The maximum Gasteiger partial charge on any atom is 0.230 e. The van der Waals surface area contributed by atoms with Crippen LogP contribution in [0.3, 0.4) is 0 Å². The Morgan fingerprint density at radius 2 is 1.89 bits per heavy atom. The summed E-state index contributed by atoms with van der Waals surface area (Å²) in [6.07, 6.45) is 0.495. The van der Waals surface area contributed by atoms with Crippen molar-refractivity contribution in [1.29, 1.82) is 0 Å². The van der Waals surface area contributed by atoms with E-state index in [0.717, 1.165) is 5.75 Å². The van der Waals surface area contributed by atoms with Crippen LogP contribution in [0.5, 0.6) is 0 Å². The number of aliphatic hydroxyl groups excluding tert-OH is 2. The third-order valence-corrected chi connectivity index (χ3v) is 4.04. The van der Waals surface area contributed by atoms with Crippen LogP contribution in [-0.2, 0) is 10.5 Å². The number of hydrogen-bond donors (Lipinski definition) is 3. The molecule has 1 amide bonds. The number of nitrogens with one attached hydrogen (secondary N) is 1. The van der Waals surface area contributed by atoms with Crippen LogP contribution in [0.15, 0.2) is 30.3 Å². The summed E-state index contributed by atoms with van der Waals surface area (Å²) >= 11 is 1.51. The molecule has 1 rings (SSSR count). The van der Waals surface area contributed by atoms with E-state index < -0.39 is 5.54 Å². The van der Waals surface area contributed by atoms with Gasteiger partial charge in [0.15, 0.2) is 0 Å². The zero-order chi connectivity index (χ0) is 14.1. The molecule has 5 heteroatoms. The number of benzene rings is 1. The van der Waals surface area contributed by atoms with Gasteiger partial charge in [0.2, 0.25) is 5.91 Å². The van der Waals surface area contributed by atoms with Crippen LogP contribution in [0.4, 0.5) is 0 Å². The Hall–Kier alpha value is -1.04. The highest BCUT2D eigenvalue weighted by Crippen LogP contribution is 2.13. The Kier molecular flexibility index (Phi) is 6.91. The lowest BCUT2D eigenvalue weighted by atomic mass is 9.99. The summed E-state index contributed by atoms with van der Waals surface area (Å²) in [7, 11) is 0. The van der Waals surface area contributed by atoms with Crippen LogP contribution in [0.25, 0.3) is 0 Å². The van der Waals surface area contributed by atoms with Gasteiger partial charge in [-0.05, 0) is 12.0 Å². The van der Waals surface area contributed by atoms with Gasteiger partial charge in [0.25, 0.3) is 0 Å². The zero-order valence-corrected chi connectivity index (χ0v) is 11.9. The quantitative estimate of drug-likeness (QED) is 0.670. The Balaban J connectivity index is 2.35. The zero-order valence-electron chi connectivity index (χ0n) is 11.1. The van der Waals surface area contributed by atoms with Gasteiger partial charge in [-0.3, -0.25) is 4.79 Å². The fourth-order valence-electron chi connectivity index (χ4n) is 1.61. The number of aliphatic hydroxyl groups is 2. The number of carbonyl (C=O) groups excluding carboxylic acids is 1. The van der Waals surface area contributed by atoms with Crippen LogP contribution in [0.1, 0.15) is 18.9 Å². The van der Waals surface area contributed by atoms with E-state index >= 15 is 0 Å². The van der Waals surface area contributed by atoms with Crippen molar-refractivity contribution in [1.82, 2.24) is 5.32 Å². The van der Waals surface area contributed by atoms with E-state index in [0.29, 0.717) is 12.2 Å². The minimum absolute atomic E-state index is 0.161. The normalized spacial score (nSPS) is 11.3. The van der Waals surface area contributed by atoms with E-state index in [9.17, 15) is 15.0 Å². The number of carbonyl (C=O) groups is 1. The van der Waals surface area contributed by atoms with Gasteiger partial charge in [-0.15, -0.1) is 11.8 Å². The topological polar surface area (TPSA) is 69.6 Å². The highest BCUT2D eigenvalue weighted by molar-refractivity contribution is 7.99. The van der Waals surface area contributed by atoms with E-state index in [1.54, 1.807) is 0 Å². The number of rotatable bonds is 8. The largest absolute Gasteiger partial charge is 0.394 e. The first-order valence-electron chi connectivity index (χ1n) is 6.30. The molecular formula is C14H21NO3S. The fraction of sp³-hybridized carbons (Fsp3) is 0.500. The first kappa shape index (κ1) is 16.0. The van der Waals surface area contributed by atoms with E-state index in [2.05, 4.69) is 5.32 Å². The van der Waals surface area contributed by atoms with Gasteiger partial charge in [0, 0.05) is 5.75 Å². The molecule has 106 valence electrons. The predicted octanol–water partition coefficient (Wildman–Crippen LogP) is 1.17. The molecule has 0 bridgehead atoms. The van der Waals surface area contributed by atoms with Crippen LogP contribution < -0.4 is 5.32 Å². The van der Waals surface area contributed by atoms with Crippen LogP contribution >= 0.6 is 11.8 Å². The van der Waals surface area contributed by atoms with Gasteiger partial charge in [0.1, 0.15) is 0 Å². The second-order valence-electron chi connectivity index (χ2n) is 4.48. The average Bonchev–Trinajstić information content (AvgIpc) is 2.46. The minimum Gasteiger partial charge on any atom is -0.394 e. The summed E-state index contributed by atoms with van der Waals surface area (Å²) in [6, 6.07) is 9.93. The van der Waals surface area contributed by atoms with Crippen molar-refractivity contribution in [2.45, 2.75) is 24.6 Å². The molecule has 3 N–H and O–H groups in total. The van der Waals surface area contributed by atoms with E-state index in [1.165, 1.54) is 17.3 Å². The van der Waals surface area contributed by atoms with Gasteiger partial charge in [-0.2, -0.15) is 0 Å². The van der Waals surface area contributed by atoms with Crippen molar-refractivity contribution in [3.63, 3.8) is 0 Å². The molecule has 0 saturated carbocycles. The highest BCUT2D eigenvalue weighted by Gasteiger charge is 2.28. The van der Waals surface area contributed by atoms with Gasteiger partial charge < -0.3 is 15.5 Å². The Bertz CT molecular complexity index is 371. The number of thioether (sulfide) groups is 1. The van der Waals surface area contributed by atoms with E-state index in [4.69, 9.17) is 0 Å². The summed E-state index contributed by atoms with van der Waals surface area (Å²) in [5, 5.41) is 21.2. The lowest BCUT2D eigenvalue weighted by Gasteiger charge is -2.29. The molecule has 0 atom stereocenters. The summed E-state index contributed by atoms with van der Waals surface area (Å²) in [6.45, 7) is 1.31. The van der Waals surface area contributed by atoms with Crippen molar-refractivity contribution in [2.24, 2.45) is 0 Å². The van der Waals surface area contributed by atoms with Crippen molar-refractivity contribution in [3.05, 3.63) is 35.9 Å². The summed E-state index contributed by atoms with van der Waals surface area (Å²) in [4.78, 5) is 11.8. The smallest absolute Gasteiger partial charge is 0.230 e. The van der Waals surface area contributed by atoms with Gasteiger partial charge in [-0.1, -0.05) is 37.3 Å². The average molecular weight is 283 g/mol. The second-order valence-corrected chi connectivity index (χ2v) is 5.46. The Morgan fingerprint density at radius 3 is 2.42 bits per heavy atom. The lowest BCUT2D eigenvalue weighted by Crippen LogP contribution is -2.54. The third kappa shape index (κ3) is 5.22. The highest BCUT2D eigenvalue weighted by atomic mass is 32.2. The first-order chi connectivity index (χ1) is 9.15. The van der Waals surface area contributed by atoms with Crippen molar-refractivity contribution >= 4 is 17.7 Å². The van der Waals surface area contributed by atoms with Crippen molar-refractivity contribution < 1.29 is 15.0 Å². The van der Waals surface area contributed by atoms with Crippen LogP contribution in [0.2, 0.25) is 0 Å². The molecule has 0 heterocycles. The summed E-state index contributed by atoms with van der Waals surface area (Å²) < 4.78 is 0. The molecule has 19 heavy (non-hydrogen) atoms. The van der Waals surface area contributed by atoms with E-state index in [-0.39, 0.29) is 19.1 Å². The minimum atomic E-state index is -0.898. The third-order valence-electron chi connectivity index (χ3n) is 3.03. The summed E-state index contributed by atoms with van der Waals surface area (Å²) in [5.41, 5.74) is 0.274. The molecular weight excluding hydrogens is 262 g/mol. The number of hydrogen-bond acceptors (Lipinski definition) is 4. The molecule has 0 fully saturated rings. The van der Waals surface area contributed by atoms with Crippen molar-refractivity contribution in [2.75, 3.05) is 19.0 Å². The second kappa shape index (κ2) is 8.19. The van der Waals surface area contributed by atoms with Crippen LogP contribution in [-0.4, -0.2) is 40.6 Å². The maximum absolute atomic E-state index is 11.8. The molecule has 0 aliphatic carbocycles.